The molecule has 0 aliphatic carbocycles. The Hall–Kier alpha value is -1.62. The van der Waals surface area contributed by atoms with E-state index in [0.29, 0.717) is 25.3 Å². The van der Waals surface area contributed by atoms with Crippen molar-refractivity contribution >= 4 is 11.5 Å². The molecule has 1 aromatic rings. The molecule has 0 radical (unpaired) electrons. The highest BCUT2D eigenvalue weighted by molar-refractivity contribution is 5.82. The third-order valence-electron chi connectivity index (χ3n) is 2.51. The highest BCUT2D eigenvalue weighted by atomic mass is 19.1. The van der Waals surface area contributed by atoms with E-state index in [1.165, 1.54) is 6.07 Å². The summed E-state index contributed by atoms with van der Waals surface area (Å²) in [6.07, 6.45) is 0. The van der Waals surface area contributed by atoms with Gasteiger partial charge in [-0.2, -0.15) is 0 Å². The Morgan fingerprint density at radius 2 is 2.38 bits per heavy atom. The van der Waals surface area contributed by atoms with E-state index in [4.69, 9.17) is 5.73 Å². The summed E-state index contributed by atoms with van der Waals surface area (Å²) in [7, 11) is 0. The number of hydrogen-bond donors (Lipinski definition) is 2. The zero-order valence-electron chi connectivity index (χ0n) is 9.20. The number of nitrogens with zero attached hydrogens (tertiary/aromatic N) is 2. The van der Waals surface area contributed by atoms with Crippen molar-refractivity contribution in [1.82, 2.24) is 5.43 Å². The average Bonchev–Trinajstić information content (AvgIpc) is 2.28. The van der Waals surface area contributed by atoms with E-state index in [1.807, 2.05) is 13.0 Å². The number of hydrazine groups is 1. The van der Waals surface area contributed by atoms with Crippen LogP contribution in [0, 0.1) is 5.82 Å². The van der Waals surface area contributed by atoms with Gasteiger partial charge in [-0.1, -0.05) is 6.07 Å². The fraction of sp³-hybridized carbons (Fsp3) is 0.364. The van der Waals surface area contributed by atoms with Crippen LogP contribution < -0.4 is 16.2 Å². The van der Waals surface area contributed by atoms with Crippen molar-refractivity contribution in [3.63, 3.8) is 0 Å². The number of benzene rings is 1. The second kappa shape index (κ2) is 4.49. The summed E-state index contributed by atoms with van der Waals surface area (Å²) in [5.41, 5.74) is 9.81. The summed E-state index contributed by atoms with van der Waals surface area (Å²) in [4.78, 5) is 4.19. The standard InChI is InChI=1S/C11H15FN4/c1-8-14-4-5-16(15-8)11-3-2-9(7-13)6-10(11)12/h2-3,6H,4-5,7,13H2,1H3,(H,14,15). The second-order valence-electron chi connectivity index (χ2n) is 3.72. The first kappa shape index (κ1) is 10.9. The molecule has 0 amide bonds. The van der Waals surface area contributed by atoms with E-state index in [2.05, 4.69) is 10.4 Å². The third-order valence-corrected chi connectivity index (χ3v) is 2.51. The van der Waals surface area contributed by atoms with E-state index in [1.54, 1.807) is 11.1 Å². The summed E-state index contributed by atoms with van der Waals surface area (Å²) < 4.78 is 13.8. The monoisotopic (exact) mass is 222 g/mol. The van der Waals surface area contributed by atoms with Gasteiger partial charge in [-0.3, -0.25) is 15.4 Å². The van der Waals surface area contributed by atoms with Gasteiger partial charge in [-0.15, -0.1) is 0 Å². The molecule has 16 heavy (non-hydrogen) atoms. The predicted octanol–water partition coefficient (Wildman–Crippen LogP) is 1.03. The van der Waals surface area contributed by atoms with Crippen LogP contribution >= 0.6 is 0 Å². The molecule has 2 rings (SSSR count). The van der Waals surface area contributed by atoms with Gasteiger partial charge < -0.3 is 5.73 Å². The van der Waals surface area contributed by atoms with Crippen molar-refractivity contribution in [1.29, 1.82) is 0 Å². The van der Waals surface area contributed by atoms with Crippen molar-refractivity contribution in [3.05, 3.63) is 29.6 Å². The fourth-order valence-electron chi connectivity index (χ4n) is 1.68. The lowest BCUT2D eigenvalue weighted by atomic mass is 10.2. The highest BCUT2D eigenvalue weighted by Crippen LogP contribution is 2.19. The third kappa shape index (κ3) is 2.14. The van der Waals surface area contributed by atoms with Gasteiger partial charge in [0.2, 0.25) is 0 Å². The maximum atomic E-state index is 13.8. The molecule has 0 unspecified atom stereocenters. The molecular weight excluding hydrogens is 207 g/mol. The first-order chi connectivity index (χ1) is 7.70. The normalized spacial score (nSPS) is 15.7. The van der Waals surface area contributed by atoms with Gasteiger partial charge in [0.15, 0.2) is 0 Å². The Labute approximate surface area is 93.9 Å². The summed E-state index contributed by atoms with van der Waals surface area (Å²) in [5.74, 6) is 0.540. The molecule has 0 aromatic heterocycles. The molecule has 1 aliphatic heterocycles. The Bertz CT molecular complexity index is 416. The lowest BCUT2D eigenvalue weighted by Gasteiger charge is -2.29. The number of halogens is 1. The topological polar surface area (TPSA) is 53.6 Å². The smallest absolute Gasteiger partial charge is 0.148 e. The van der Waals surface area contributed by atoms with Gasteiger partial charge in [-0.25, -0.2) is 4.39 Å². The maximum Gasteiger partial charge on any atom is 0.148 e. The molecule has 0 spiro atoms. The van der Waals surface area contributed by atoms with Gasteiger partial charge in [0.05, 0.1) is 18.8 Å². The quantitative estimate of drug-likeness (QED) is 0.785. The average molecular weight is 222 g/mol. The molecule has 0 bridgehead atoms. The number of aliphatic imine (C=N–C) groups is 1. The Morgan fingerprint density at radius 3 is 3.00 bits per heavy atom. The summed E-state index contributed by atoms with van der Waals surface area (Å²) in [6.45, 7) is 3.55. The summed E-state index contributed by atoms with van der Waals surface area (Å²) >= 11 is 0. The van der Waals surface area contributed by atoms with Crippen LogP contribution in [0.15, 0.2) is 23.2 Å². The number of anilines is 1. The molecule has 86 valence electrons. The molecule has 0 saturated heterocycles. The lowest BCUT2D eigenvalue weighted by Crippen LogP contribution is -2.46. The second-order valence-corrected chi connectivity index (χ2v) is 3.72. The van der Waals surface area contributed by atoms with E-state index < -0.39 is 0 Å². The van der Waals surface area contributed by atoms with Gasteiger partial charge in [-0.05, 0) is 24.6 Å². The van der Waals surface area contributed by atoms with Crippen LogP contribution in [0.4, 0.5) is 10.1 Å². The fourth-order valence-corrected chi connectivity index (χ4v) is 1.68. The predicted molar refractivity (Wildman–Crippen MR) is 62.7 cm³/mol. The van der Waals surface area contributed by atoms with Gasteiger partial charge in [0, 0.05) is 6.54 Å². The zero-order valence-corrected chi connectivity index (χ0v) is 9.20. The van der Waals surface area contributed by atoms with E-state index in [9.17, 15) is 4.39 Å². The molecule has 5 heteroatoms. The number of rotatable bonds is 2. The van der Waals surface area contributed by atoms with Crippen molar-refractivity contribution in [3.8, 4) is 0 Å². The molecule has 3 N–H and O–H groups in total. The molecule has 1 aromatic carbocycles. The molecular formula is C11H15FN4. The largest absolute Gasteiger partial charge is 0.326 e. The molecule has 1 aliphatic rings. The number of amidine groups is 1. The van der Waals surface area contributed by atoms with E-state index in [0.717, 1.165) is 11.4 Å². The Kier molecular flexibility index (Phi) is 3.05. The molecule has 4 nitrogen and oxygen atoms in total. The van der Waals surface area contributed by atoms with Crippen LogP contribution in [-0.4, -0.2) is 18.9 Å². The van der Waals surface area contributed by atoms with Crippen LogP contribution in [0.5, 0.6) is 0 Å². The number of hydrogen-bond acceptors (Lipinski definition) is 4. The Morgan fingerprint density at radius 1 is 1.56 bits per heavy atom. The summed E-state index contributed by atoms with van der Waals surface area (Å²) in [6, 6.07) is 5.04. The first-order valence-corrected chi connectivity index (χ1v) is 5.24. The van der Waals surface area contributed by atoms with Crippen molar-refractivity contribution < 1.29 is 4.39 Å². The number of nitrogens with two attached hydrogens (primary N) is 1. The maximum absolute atomic E-state index is 13.8. The van der Waals surface area contributed by atoms with Crippen LogP contribution in [0.1, 0.15) is 12.5 Å². The minimum Gasteiger partial charge on any atom is -0.326 e. The van der Waals surface area contributed by atoms with Crippen molar-refractivity contribution in [2.45, 2.75) is 13.5 Å². The molecule has 0 atom stereocenters. The van der Waals surface area contributed by atoms with Gasteiger partial charge in [0.1, 0.15) is 11.7 Å². The molecule has 1 heterocycles. The van der Waals surface area contributed by atoms with Crippen LogP contribution in [0.2, 0.25) is 0 Å². The van der Waals surface area contributed by atoms with E-state index >= 15 is 0 Å². The first-order valence-electron chi connectivity index (χ1n) is 5.24. The zero-order chi connectivity index (χ0) is 11.5. The highest BCUT2D eigenvalue weighted by Gasteiger charge is 2.14. The van der Waals surface area contributed by atoms with Crippen LogP contribution in [0.25, 0.3) is 0 Å². The van der Waals surface area contributed by atoms with E-state index in [-0.39, 0.29) is 5.82 Å². The van der Waals surface area contributed by atoms with Crippen molar-refractivity contribution in [2.75, 3.05) is 18.1 Å². The molecule has 0 saturated carbocycles. The van der Waals surface area contributed by atoms with Gasteiger partial charge >= 0.3 is 0 Å². The number of nitrogens with one attached hydrogen (secondary N) is 1. The SMILES string of the molecule is CC1=NCCN(c2ccc(CN)cc2F)N1. The van der Waals surface area contributed by atoms with Crippen molar-refractivity contribution in [2.24, 2.45) is 10.7 Å². The Balaban J connectivity index is 2.24. The minimum atomic E-state index is -0.259. The summed E-state index contributed by atoms with van der Waals surface area (Å²) in [5, 5.41) is 1.76. The molecule has 0 fully saturated rings. The lowest BCUT2D eigenvalue weighted by molar-refractivity contribution is 0.605. The van der Waals surface area contributed by atoms with Crippen LogP contribution in [0.3, 0.4) is 0 Å². The minimum absolute atomic E-state index is 0.259. The van der Waals surface area contributed by atoms with Crippen LogP contribution in [-0.2, 0) is 6.54 Å². The van der Waals surface area contributed by atoms with Gasteiger partial charge in [0.25, 0.3) is 0 Å².